The Morgan fingerprint density at radius 1 is 1.33 bits per heavy atom. The Balaban J connectivity index is 1.71. The van der Waals surface area contributed by atoms with Gasteiger partial charge < -0.3 is 4.90 Å². The summed E-state index contributed by atoms with van der Waals surface area (Å²) in [4.78, 5) is 37.9. The Kier molecular flexibility index (Phi) is 4.02. The third kappa shape index (κ3) is 2.97. The zero-order chi connectivity index (χ0) is 17.8. The van der Waals surface area contributed by atoms with Crippen molar-refractivity contribution in [1.82, 2.24) is 15.0 Å². The van der Waals surface area contributed by atoms with Gasteiger partial charge >= 0.3 is 16.4 Å². The van der Waals surface area contributed by atoms with E-state index in [0.29, 0.717) is 16.5 Å². The summed E-state index contributed by atoms with van der Waals surface area (Å²) in [5, 5.41) is 1.09. The number of hydrazine groups is 1. The van der Waals surface area contributed by atoms with Crippen LogP contribution in [0.4, 0.5) is 4.79 Å². The van der Waals surface area contributed by atoms with Gasteiger partial charge in [-0.2, -0.15) is 13.5 Å². The van der Waals surface area contributed by atoms with E-state index in [1.54, 1.807) is 0 Å². The van der Waals surface area contributed by atoms with E-state index in [1.165, 1.54) is 0 Å². The second-order valence-corrected chi connectivity index (χ2v) is 7.38. The fourth-order valence-corrected chi connectivity index (χ4v) is 3.59. The molecule has 134 valence electrons. The van der Waals surface area contributed by atoms with E-state index in [0.717, 1.165) is 4.90 Å². The second-order valence-electron chi connectivity index (χ2n) is 6.38. The number of rotatable bonds is 4. The van der Waals surface area contributed by atoms with E-state index in [-0.39, 0.29) is 31.2 Å². The molecule has 2 heterocycles. The van der Waals surface area contributed by atoms with E-state index in [2.05, 4.69) is 4.28 Å². The minimum atomic E-state index is -4.85. The van der Waals surface area contributed by atoms with Crippen molar-refractivity contribution < 1.29 is 31.6 Å². The Morgan fingerprint density at radius 3 is 2.50 bits per heavy atom. The lowest BCUT2D eigenvalue weighted by molar-refractivity contribution is -0.149. The Bertz CT molecular complexity index is 696. The van der Waals surface area contributed by atoms with E-state index >= 15 is 0 Å². The highest BCUT2D eigenvalue weighted by atomic mass is 32.3. The molecule has 1 saturated carbocycles. The topological polar surface area (TPSA) is 151 Å². The quantitative estimate of drug-likeness (QED) is 0.210. The summed E-state index contributed by atoms with van der Waals surface area (Å²) in [6.45, 7) is 1.92. The van der Waals surface area contributed by atoms with Gasteiger partial charge in [-0.25, -0.2) is 15.6 Å². The summed E-state index contributed by atoms with van der Waals surface area (Å²) in [6.07, 6.45) is 1.16. The number of fused-ring (bicyclic) bond motifs is 2. The summed E-state index contributed by atoms with van der Waals surface area (Å²) in [7, 11) is -4.85. The van der Waals surface area contributed by atoms with Gasteiger partial charge in [0, 0.05) is 12.5 Å². The molecule has 0 aromatic heterocycles. The van der Waals surface area contributed by atoms with Crippen molar-refractivity contribution in [1.29, 1.82) is 0 Å². The standard InChI is InChI=1S/C12H18N4O7S/c1-6-4-8(6)10(17)15(13)11(18)9-3-2-7-5-14(9)12(19)16(7)23-24(20,21)22/h6-9H,2-5,13H2,1H3,(H,20,21,22)/t6?,7-,8?,9+/m1/s1. The fraction of sp³-hybridized carbons (Fsp3) is 0.750. The normalized spacial score (nSPS) is 32.0. The van der Waals surface area contributed by atoms with Crippen molar-refractivity contribution in [3.63, 3.8) is 0 Å². The lowest BCUT2D eigenvalue weighted by Gasteiger charge is -2.31. The number of amides is 4. The summed E-state index contributed by atoms with van der Waals surface area (Å²) < 4.78 is 34.7. The summed E-state index contributed by atoms with van der Waals surface area (Å²) >= 11 is 0. The van der Waals surface area contributed by atoms with Crippen LogP contribution in [0.25, 0.3) is 0 Å². The first-order valence-electron chi connectivity index (χ1n) is 7.49. The van der Waals surface area contributed by atoms with Gasteiger partial charge in [-0.05, 0) is 25.2 Å². The molecule has 0 radical (unpaired) electrons. The van der Waals surface area contributed by atoms with Crippen molar-refractivity contribution in [2.45, 2.75) is 38.3 Å². The van der Waals surface area contributed by atoms with Crippen LogP contribution in [-0.4, -0.2) is 64.4 Å². The van der Waals surface area contributed by atoms with Gasteiger partial charge in [0.05, 0.1) is 6.04 Å². The van der Waals surface area contributed by atoms with Gasteiger partial charge in [-0.1, -0.05) is 6.92 Å². The van der Waals surface area contributed by atoms with Crippen LogP contribution < -0.4 is 5.84 Å². The highest BCUT2D eigenvalue weighted by molar-refractivity contribution is 7.80. The van der Waals surface area contributed by atoms with Gasteiger partial charge in [0.2, 0.25) is 5.91 Å². The third-order valence-electron chi connectivity index (χ3n) is 4.68. The van der Waals surface area contributed by atoms with Crippen LogP contribution in [0.5, 0.6) is 0 Å². The average Bonchev–Trinajstić information content (AvgIpc) is 3.20. The Labute approximate surface area is 138 Å². The summed E-state index contributed by atoms with van der Waals surface area (Å²) in [6, 6.07) is -2.44. The molecule has 4 atom stereocenters. The lowest BCUT2D eigenvalue weighted by Crippen LogP contribution is -2.55. The number of hydrogen-bond donors (Lipinski definition) is 2. The van der Waals surface area contributed by atoms with Crippen molar-refractivity contribution in [3.8, 4) is 0 Å². The van der Waals surface area contributed by atoms with E-state index in [9.17, 15) is 22.8 Å². The number of urea groups is 1. The van der Waals surface area contributed by atoms with Crippen molar-refractivity contribution >= 4 is 28.2 Å². The molecule has 11 nitrogen and oxygen atoms in total. The van der Waals surface area contributed by atoms with Gasteiger partial charge in [-0.15, -0.1) is 4.28 Å². The van der Waals surface area contributed by atoms with Gasteiger partial charge in [0.25, 0.3) is 5.91 Å². The first-order valence-corrected chi connectivity index (χ1v) is 8.86. The van der Waals surface area contributed by atoms with Gasteiger partial charge in [0.15, 0.2) is 0 Å². The molecule has 2 saturated heterocycles. The monoisotopic (exact) mass is 362 g/mol. The van der Waals surface area contributed by atoms with Crippen LogP contribution in [-0.2, 0) is 24.3 Å². The first kappa shape index (κ1) is 17.1. The van der Waals surface area contributed by atoms with Gasteiger partial charge in [-0.3, -0.25) is 14.1 Å². The summed E-state index contributed by atoms with van der Waals surface area (Å²) in [5.41, 5.74) is 0. The number of imide groups is 1. The molecular formula is C12H18N4O7S. The minimum Gasteiger partial charge on any atom is -0.309 e. The third-order valence-corrected chi connectivity index (χ3v) is 5.03. The van der Waals surface area contributed by atoms with Crippen LogP contribution >= 0.6 is 0 Å². The molecular weight excluding hydrogens is 344 g/mol. The van der Waals surface area contributed by atoms with Gasteiger partial charge in [0.1, 0.15) is 6.04 Å². The molecule has 3 fully saturated rings. The van der Waals surface area contributed by atoms with Crippen LogP contribution in [0.3, 0.4) is 0 Å². The predicted molar refractivity (Wildman–Crippen MR) is 76.7 cm³/mol. The molecule has 2 aliphatic heterocycles. The molecule has 24 heavy (non-hydrogen) atoms. The van der Waals surface area contributed by atoms with Crippen LogP contribution in [0.15, 0.2) is 0 Å². The Morgan fingerprint density at radius 2 is 1.96 bits per heavy atom. The molecule has 0 spiro atoms. The lowest BCUT2D eigenvalue weighted by atomic mass is 10.00. The van der Waals surface area contributed by atoms with Crippen molar-refractivity contribution in [2.75, 3.05) is 6.54 Å². The number of carbonyl (C=O) groups excluding carboxylic acids is 3. The average molecular weight is 362 g/mol. The molecule has 0 aromatic carbocycles. The number of nitrogens with zero attached hydrogens (tertiary/aromatic N) is 3. The van der Waals surface area contributed by atoms with Crippen LogP contribution in [0, 0.1) is 11.8 Å². The van der Waals surface area contributed by atoms with E-state index < -0.39 is 40.3 Å². The number of hydroxylamine groups is 2. The summed E-state index contributed by atoms with van der Waals surface area (Å²) in [5.74, 6) is 4.34. The van der Waals surface area contributed by atoms with E-state index in [4.69, 9.17) is 10.4 Å². The molecule has 2 bridgehead atoms. The predicted octanol–water partition coefficient (Wildman–Crippen LogP) is -1.13. The molecule has 3 aliphatic rings. The van der Waals surface area contributed by atoms with Crippen molar-refractivity contribution in [2.24, 2.45) is 17.7 Å². The maximum atomic E-state index is 12.5. The maximum absolute atomic E-state index is 12.5. The molecule has 3 rings (SSSR count). The molecule has 0 aromatic rings. The molecule has 4 amide bonds. The zero-order valence-electron chi connectivity index (χ0n) is 12.9. The SMILES string of the molecule is CC1CC1C(=O)N(N)C(=O)[C@@H]1CC[C@@H]2CN1C(=O)N2OS(=O)(=O)O. The minimum absolute atomic E-state index is 0.0482. The van der Waals surface area contributed by atoms with Crippen LogP contribution in [0.1, 0.15) is 26.2 Å². The number of piperidine rings is 1. The zero-order valence-corrected chi connectivity index (χ0v) is 13.7. The molecule has 3 N–H and O–H groups in total. The molecule has 2 unspecified atom stereocenters. The number of hydrogen-bond acceptors (Lipinski definition) is 7. The molecule has 1 aliphatic carbocycles. The Hall–Kier alpha value is -1.76. The van der Waals surface area contributed by atoms with Crippen LogP contribution in [0.2, 0.25) is 0 Å². The second kappa shape index (κ2) is 5.65. The number of carbonyl (C=O) groups is 3. The highest BCUT2D eigenvalue weighted by Crippen LogP contribution is 2.39. The largest absolute Gasteiger partial charge is 0.418 e. The maximum Gasteiger partial charge on any atom is 0.418 e. The van der Waals surface area contributed by atoms with Crippen molar-refractivity contribution in [3.05, 3.63) is 0 Å². The highest BCUT2D eigenvalue weighted by Gasteiger charge is 2.51. The first-order chi connectivity index (χ1) is 11.1. The number of nitrogens with two attached hydrogens (primary N) is 1. The smallest absolute Gasteiger partial charge is 0.309 e. The fourth-order valence-electron chi connectivity index (χ4n) is 3.20. The molecule has 12 heteroatoms. The van der Waals surface area contributed by atoms with E-state index in [1.807, 2.05) is 6.92 Å².